The Balaban J connectivity index is 3.15. The molecule has 31 heavy (non-hydrogen) atoms. The molecule has 1 unspecified atom stereocenters. The van der Waals surface area contributed by atoms with Gasteiger partial charge in [-0.05, 0) is 19.3 Å². The first-order valence-corrected chi connectivity index (χ1v) is 14.1. The van der Waals surface area contributed by atoms with Crippen LogP contribution in [0.25, 0.3) is 0 Å². The summed E-state index contributed by atoms with van der Waals surface area (Å²) in [6.07, 6.45) is 30.7. The Morgan fingerprint density at radius 1 is 0.516 bits per heavy atom. The Morgan fingerprint density at radius 3 is 1.13 bits per heavy atom. The van der Waals surface area contributed by atoms with Crippen LogP contribution in [0, 0.1) is 0 Å². The first-order valence-electron chi connectivity index (χ1n) is 14.1. The lowest BCUT2D eigenvalue weighted by atomic mass is 10.0. The summed E-state index contributed by atoms with van der Waals surface area (Å²) in [5, 5.41) is 18.7. The Hall–Kier alpha value is -0.570. The molecule has 0 amide bonds. The highest BCUT2D eigenvalue weighted by Gasteiger charge is 2.04. The molecule has 0 aromatic rings. The van der Waals surface area contributed by atoms with E-state index in [1.54, 1.807) is 0 Å². The van der Waals surface area contributed by atoms with Gasteiger partial charge in [-0.25, -0.2) is 0 Å². The molecule has 0 aliphatic rings. The molecule has 0 fully saturated rings. The summed E-state index contributed by atoms with van der Waals surface area (Å²) in [4.78, 5) is 10.4. The van der Waals surface area contributed by atoms with Crippen molar-refractivity contribution >= 4 is 5.97 Å². The number of rotatable bonds is 26. The van der Waals surface area contributed by atoms with Crippen LogP contribution in [0.5, 0.6) is 0 Å². The standard InChI is InChI=1S/C28H56O3/c1-2-3-4-5-6-7-9-12-15-18-21-24-27(29)25-22-19-16-13-10-8-11-14-17-20-23-26-28(30)31/h27,29H,2-26H2,1H3,(H,30,31). The summed E-state index contributed by atoms with van der Waals surface area (Å²) in [5.74, 6) is -0.665. The van der Waals surface area contributed by atoms with E-state index in [1.807, 2.05) is 0 Å². The van der Waals surface area contributed by atoms with E-state index >= 15 is 0 Å². The molecule has 1 atom stereocenters. The molecule has 3 nitrogen and oxygen atoms in total. The maximum absolute atomic E-state index is 10.4. The van der Waals surface area contributed by atoms with Gasteiger partial charge in [0, 0.05) is 6.42 Å². The number of aliphatic carboxylic acids is 1. The van der Waals surface area contributed by atoms with E-state index < -0.39 is 5.97 Å². The van der Waals surface area contributed by atoms with Gasteiger partial charge in [-0.2, -0.15) is 0 Å². The molecule has 0 saturated carbocycles. The molecular formula is C28H56O3. The van der Waals surface area contributed by atoms with Gasteiger partial charge in [-0.15, -0.1) is 0 Å². The smallest absolute Gasteiger partial charge is 0.303 e. The van der Waals surface area contributed by atoms with Gasteiger partial charge in [0.1, 0.15) is 0 Å². The summed E-state index contributed by atoms with van der Waals surface area (Å²) >= 11 is 0. The quantitative estimate of drug-likeness (QED) is 0.132. The van der Waals surface area contributed by atoms with Crippen LogP contribution in [-0.4, -0.2) is 22.3 Å². The third-order valence-corrected chi connectivity index (χ3v) is 6.57. The van der Waals surface area contributed by atoms with Crippen LogP contribution in [0.2, 0.25) is 0 Å². The van der Waals surface area contributed by atoms with Gasteiger partial charge in [-0.1, -0.05) is 142 Å². The predicted octanol–water partition coefficient (Wildman–Crippen LogP) is 9.20. The molecule has 0 aliphatic heterocycles. The van der Waals surface area contributed by atoms with E-state index in [9.17, 15) is 9.90 Å². The van der Waals surface area contributed by atoms with E-state index in [0.717, 1.165) is 25.7 Å². The molecule has 0 spiro atoms. The molecule has 0 aliphatic carbocycles. The Morgan fingerprint density at radius 2 is 0.806 bits per heavy atom. The second-order valence-electron chi connectivity index (χ2n) is 9.80. The van der Waals surface area contributed by atoms with Crippen LogP contribution in [0.4, 0.5) is 0 Å². The largest absolute Gasteiger partial charge is 0.481 e. The first-order chi connectivity index (χ1) is 15.2. The zero-order chi connectivity index (χ0) is 22.8. The van der Waals surface area contributed by atoms with E-state index in [4.69, 9.17) is 5.11 Å². The fourth-order valence-corrected chi connectivity index (χ4v) is 4.44. The average Bonchev–Trinajstić information content (AvgIpc) is 2.75. The number of aliphatic hydroxyl groups is 1. The second kappa shape index (κ2) is 25.7. The van der Waals surface area contributed by atoms with Crippen molar-refractivity contribution < 1.29 is 15.0 Å². The van der Waals surface area contributed by atoms with Gasteiger partial charge in [0.25, 0.3) is 0 Å². The van der Waals surface area contributed by atoms with Crippen LogP contribution >= 0.6 is 0 Å². The number of aliphatic hydroxyl groups excluding tert-OH is 1. The van der Waals surface area contributed by atoms with Crippen LogP contribution in [-0.2, 0) is 4.79 Å². The van der Waals surface area contributed by atoms with Gasteiger partial charge in [0.05, 0.1) is 6.10 Å². The SMILES string of the molecule is CCCCCCCCCCCCCC(O)CCCCCCCCCCCCCC(=O)O. The summed E-state index contributed by atoms with van der Waals surface area (Å²) in [6, 6.07) is 0. The average molecular weight is 441 g/mol. The van der Waals surface area contributed by atoms with Gasteiger partial charge in [-0.3, -0.25) is 4.79 Å². The maximum atomic E-state index is 10.4. The number of carboxylic acid groups (broad SMARTS) is 1. The molecular weight excluding hydrogens is 384 g/mol. The summed E-state index contributed by atoms with van der Waals surface area (Å²) in [5.41, 5.74) is 0. The number of carboxylic acids is 1. The van der Waals surface area contributed by atoms with E-state index in [1.165, 1.54) is 128 Å². The highest BCUT2D eigenvalue weighted by molar-refractivity contribution is 5.66. The first kappa shape index (κ1) is 30.4. The monoisotopic (exact) mass is 440 g/mol. The zero-order valence-electron chi connectivity index (χ0n) is 21.1. The van der Waals surface area contributed by atoms with Crippen molar-refractivity contribution in [3.63, 3.8) is 0 Å². The zero-order valence-corrected chi connectivity index (χ0v) is 21.1. The van der Waals surface area contributed by atoms with Crippen LogP contribution in [0.1, 0.15) is 167 Å². The van der Waals surface area contributed by atoms with Gasteiger partial charge in [0.15, 0.2) is 0 Å². The van der Waals surface area contributed by atoms with Crippen LogP contribution in [0.3, 0.4) is 0 Å². The molecule has 0 bridgehead atoms. The minimum Gasteiger partial charge on any atom is -0.481 e. The normalized spacial score (nSPS) is 12.3. The maximum Gasteiger partial charge on any atom is 0.303 e. The molecule has 2 N–H and O–H groups in total. The molecule has 0 heterocycles. The Labute approximate surface area is 194 Å². The summed E-state index contributed by atoms with van der Waals surface area (Å²) < 4.78 is 0. The number of hydrogen-bond donors (Lipinski definition) is 2. The van der Waals surface area contributed by atoms with Gasteiger partial charge < -0.3 is 10.2 Å². The highest BCUT2D eigenvalue weighted by atomic mass is 16.4. The Bertz CT molecular complexity index is 356. The van der Waals surface area contributed by atoms with E-state index in [2.05, 4.69) is 6.92 Å². The number of unbranched alkanes of at least 4 members (excludes halogenated alkanes) is 20. The van der Waals surface area contributed by atoms with Crippen molar-refractivity contribution in [1.29, 1.82) is 0 Å². The summed E-state index contributed by atoms with van der Waals surface area (Å²) in [6.45, 7) is 2.28. The van der Waals surface area contributed by atoms with Crippen molar-refractivity contribution in [2.75, 3.05) is 0 Å². The van der Waals surface area contributed by atoms with Crippen molar-refractivity contribution in [2.45, 2.75) is 174 Å². The third-order valence-electron chi connectivity index (χ3n) is 6.57. The Kier molecular flexibility index (Phi) is 25.2. The van der Waals surface area contributed by atoms with Crippen molar-refractivity contribution in [1.82, 2.24) is 0 Å². The van der Waals surface area contributed by atoms with E-state index in [-0.39, 0.29) is 6.10 Å². The van der Waals surface area contributed by atoms with Gasteiger partial charge >= 0.3 is 5.97 Å². The fourth-order valence-electron chi connectivity index (χ4n) is 4.44. The number of carbonyl (C=O) groups is 1. The molecule has 3 heteroatoms. The second-order valence-corrected chi connectivity index (χ2v) is 9.80. The van der Waals surface area contributed by atoms with Crippen molar-refractivity contribution in [3.05, 3.63) is 0 Å². The van der Waals surface area contributed by atoms with Gasteiger partial charge in [0.2, 0.25) is 0 Å². The van der Waals surface area contributed by atoms with Crippen LogP contribution in [0.15, 0.2) is 0 Å². The topological polar surface area (TPSA) is 57.5 Å². The lowest BCUT2D eigenvalue weighted by Crippen LogP contribution is -2.05. The third kappa shape index (κ3) is 27.4. The lowest BCUT2D eigenvalue weighted by Gasteiger charge is -2.10. The molecule has 0 radical (unpaired) electrons. The molecule has 0 rings (SSSR count). The predicted molar refractivity (Wildman–Crippen MR) is 135 cm³/mol. The molecule has 0 saturated heterocycles. The van der Waals surface area contributed by atoms with E-state index in [0.29, 0.717) is 6.42 Å². The minimum atomic E-state index is -0.665. The highest BCUT2D eigenvalue weighted by Crippen LogP contribution is 2.16. The fraction of sp³-hybridized carbons (Fsp3) is 0.964. The van der Waals surface area contributed by atoms with Crippen molar-refractivity contribution in [2.24, 2.45) is 0 Å². The number of hydrogen-bond acceptors (Lipinski definition) is 2. The molecule has 186 valence electrons. The van der Waals surface area contributed by atoms with Crippen molar-refractivity contribution in [3.8, 4) is 0 Å². The molecule has 0 aromatic carbocycles. The molecule has 0 aromatic heterocycles. The lowest BCUT2D eigenvalue weighted by molar-refractivity contribution is -0.137. The summed E-state index contributed by atoms with van der Waals surface area (Å²) in [7, 11) is 0. The van der Waals surface area contributed by atoms with Crippen LogP contribution < -0.4 is 0 Å². The minimum absolute atomic E-state index is 0.0697.